The van der Waals surface area contributed by atoms with E-state index in [1.54, 1.807) is 12.1 Å². The molecule has 0 radical (unpaired) electrons. The Balaban J connectivity index is 2.55. The van der Waals surface area contributed by atoms with Crippen molar-refractivity contribution in [2.75, 3.05) is 7.11 Å². The molecule has 0 saturated heterocycles. The van der Waals surface area contributed by atoms with Crippen LogP contribution in [0.2, 0.25) is 5.15 Å². The number of halogens is 2. The van der Waals surface area contributed by atoms with Crippen molar-refractivity contribution in [3.8, 4) is 17.0 Å². The highest BCUT2D eigenvalue weighted by Gasteiger charge is 2.12. The molecule has 0 bridgehead atoms. The Hall–Kier alpha value is -1.94. The number of rotatable bonds is 3. The monoisotopic (exact) mass is 265 g/mol. The third-order valence-corrected chi connectivity index (χ3v) is 2.77. The minimum Gasteiger partial charge on any atom is -0.494 e. The van der Waals surface area contributed by atoms with Crippen LogP contribution in [0.15, 0.2) is 30.3 Å². The summed E-state index contributed by atoms with van der Waals surface area (Å²) in [6.07, 6.45) is 0.598. The van der Waals surface area contributed by atoms with Crippen LogP contribution in [0.1, 0.15) is 10.4 Å². The van der Waals surface area contributed by atoms with Crippen LogP contribution >= 0.6 is 11.6 Å². The normalized spacial score (nSPS) is 10.2. The Morgan fingerprint density at radius 1 is 1.33 bits per heavy atom. The molecule has 2 aromatic rings. The first-order valence-corrected chi connectivity index (χ1v) is 5.49. The van der Waals surface area contributed by atoms with Gasteiger partial charge in [-0.05, 0) is 24.3 Å². The van der Waals surface area contributed by atoms with Gasteiger partial charge in [0.2, 0.25) is 0 Å². The molecule has 0 atom stereocenters. The highest BCUT2D eigenvalue weighted by atomic mass is 35.5. The number of aldehydes is 1. The van der Waals surface area contributed by atoms with Gasteiger partial charge in [0.25, 0.3) is 0 Å². The van der Waals surface area contributed by atoms with Crippen LogP contribution in [-0.2, 0) is 0 Å². The van der Waals surface area contributed by atoms with Gasteiger partial charge in [0.05, 0.1) is 18.4 Å². The molecule has 1 aromatic carbocycles. The number of carbonyl (C=O) groups is 1. The summed E-state index contributed by atoms with van der Waals surface area (Å²) in [5.41, 5.74) is 0.888. The van der Waals surface area contributed by atoms with Gasteiger partial charge in [-0.15, -0.1) is 0 Å². The zero-order valence-corrected chi connectivity index (χ0v) is 10.2. The Labute approximate surface area is 108 Å². The number of benzene rings is 1. The first kappa shape index (κ1) is 12.5. The van der Waals surface area contributed by atoms with E-state index in [2.05, 4.69) is 4.98 Å². The molecule has 0 fully saturated rings. The van der Waals surface area contributed by atoms with Crippen LogP contribution < -0.4 is 4.74 Å². The molecule has 0 aliphatic rings. The Kier molecular flexibility index (Phi) is 3.58. The summed E-state index contributed by atoms with van der Waals surface area (Å²) in [6, 6.07) is 7.77. The fourth-order valence-corrected chi connectivity index (χ4v) is 1.75. The molecule has 0 saturated carbocycles. The second-order valence-corrected chi connectivity index (χ2v) is 3.87. The van der Waals surface area contributed by atoms with Gasteiger partial charge in [-0.2, -0.15) is 0 Å². The zero-order valence-electron chi connectivity index (χ0n) is 9.48. The first-order valence-electron chi connectivity index (χ1n) is 5.12. The lowest BCUT2D eigenvalue weighted by Crippen LogP contribution is -1.94. The quantitative estimate of drug-likeness (QED) is 0.631. The Bertz CT molecular complexity index is 602. The first-order chi connectivity index (χ1) is 8.67. The van der Waals surface area contributed by atoms with Gasteiger partial charge < -0.3 is 4.74 Å². The molecular weight excluding hydrogens is 257 g/mol. The Morgan fingerprint density at radius 2 is 2.11 bits per heavy atom. The number of ether oxygens (including phenoxy) is 1. The van der Waals surface area contributed by atoms with E-state index >= 15 is 0 Å². The number of hydrogen-bond donors (Lipinski definition) is 0. The third kappa shape index (κ3) is 2.19. The molecule has 0 aliphatic heterocycles. The summed E-state index contributed by atoms with van der Waals surface area (Å²) in [5.74, 6) is -0.382. The minimum atomic E-state index is -0.512. The lowest BCUT2D eigenvalue weighted by atomic mass is 10.1. The van der Waals surface area contributed by atoms with Crippen molar-refractivity contribution in [3.05, 3.63) is 46.9 Å². The average Bonchev–Trinajstić information content (AvgIpc) is 2.39. The molecule has 0 amide bonds. The van der Waals surface area contributed by atoms with Crippen LogP contribution in [0.4, 0.5) is 4.39 Å². The van der Waals surface area contributed by atoms with E-state index < -0.39 is 5.82 Å². The summed E-state index contributed by atoms with van der Waals surface area (Å²) in [4.78, 5) is 14.6. The van der Waals surface area contributed by atoms with Crippen molar-refractivity contribution in [1.29, 1.82) is 0 Å². The second-order valence-electron chi connectivity index (χ2n) is 3.52. The van der Waals surface area contributed by atoms with Gasteiger partial charge in [-0.25, -0.2) is 9.37 Å². The van der Waals surface area contributed by atoms with Crippen molar-refractivity contribution < 1.29 is 13.9 Å². The second kappa shape index (κ2) is 5.14. The van der Waals surface area contributed by atoms with Crippen LogP contribution in [-0.4, -0.2) is 18.4 Å². The minimum absolute atomic E-state index is 0.0460. The molecular formula is C13H9ClFNO2. The molecule has 18 heavy (non-hydrogen) atoms. The molecule has 5 heteroatoms. The van der Waals surface area contributed by atoms with Crippen LogP contribution in [0.3, 0.4) is 0 Å². The summed E-state index contributed by atoms with van der Waals surface area (Å²) >= 11 is 5.81. The van der Waals surface area contributed by atoms with Gasteiger partial charge in [-0.3, -0.25) is 4.79 Å². The smallest absolute Gasteiger partial charge is 0.174 e. The van der Waals surface area contributed by atoms with Gasteiger partial charge in [0.15, 0.2) is 17.9 Å². The van der Waals surface area contributed by atoms with Gasteiger partial charge in [0, 0.05) is 5.56 Å². The predicted molar refractivity (Wildman–Crippen MR) is 66.6 cm³/mol. The summed E-state index contributed by atoms with van der Waals surface area (Å²) in [6.45, 7) is 0. The Morgan fingerprint density at radius 3 is 2.72 bits per heavy atom. The molecule has 0 N–H and O–H groups in total. The number of methoxy groups -OCH3 is 1. The number of carbonyl (C=O) groups excluding carboxylic acids is 1. The van der Waals surface area contributed by atoms with E-state index in [1.807, 2.05) is 0 Å². The standard InChI is InChI=1S/C13H9ClFNO2/c1-18-11-4-2-3-9(12(11)15)10-6-5-8(7-17)13(14)16-10/h2-7H,1H3. The van der Waals surface area contributed by atoms with E-state index in [0.29, 0.717) is 12.0 Å². The highest BCUT2D eigenvalue weighted by molar-refractivity contribution is 6.31. The molecule has 0 unspecified atom stereocenters. The fourth-order valence-electron chi connectivity index (χ4n) is 1.55. The molecule has 92 valence electrons. The zero-order chi connectivity index (χ0) is 13.1. The third-order valence-electron chi connectivity index (χ3n) is 2.46. The molecule has 1 heterocycles. The van der Waals surface area contributed by atoms with Gasteiger partial charge >= 0.3 is 0 Å². The van der Waals surface area contributed by atoms with E-state index in [9.17, 15) is 9.18 Å². The summed E-state index contributed by atoms with van der Waals surface area (Å²) < 4.78 is 18.9. The van der Waals surface area contributed by atoms with Crippen molar-refractivity contribution in [3.63, 3.8) is 0 Å². The van der Waals surface area contributed by atoms with E-state index in [1.165, 1.54) is 25.3 Å². The molecule has 0 aliphatic carbocycles. The SMILES string of the molecule is COc1cccc(-c2ccc(C=O)c(Cl)n2)c1F. The van der Waals surface area contributed by atoms with Crippen LogP contribution in [0.5, 0.6) is 5.75 Å². The van der Waals surface area contributed by atoms with Crippen molar-refractivity contribution in [2.45, 2.75) is 0 Å². The maximum absolute atomic E-state index is 14.0. The van der Waals surface area contributed by atoms with Crippen molar-refractivity contribution in [1.82, 2.24) is 4.98 Å². The lowest BCUT2D eigenvalue weighted by molar-refractivity contribution is 0.112. The summed E-state index contributed by atoms with van der Waals surface area (Å²) in [7, 11) is 1.39. The van der Waals surface area contributed by atoms with Crippen LogP contribution in [0, 0.1) is 5.82 Å². The molecule has 2 rings (SSSR count). The van der Waals surface area contributed by atoms with E-state index in [-0.39, 0.29) is 22.0 Å². The molecule has 0 spiro atoms. The van der Waals surface area contributed by atoms with Crippen LogP contribution in [0.25, 0.3) is 11.3 Å². The van der Waals surface area contributed by atoms with Gasteiger partial charge in [0.1, 0.15) is 5.15 Å². The van der Waals surface area contributed by atoms with Crippen molar-refractivity contribution >= 4 is 17.9 Å². The highest BCUT2D eigenvalue weighted by Crippen LogP contribution is 2.28. The maximum atomic E-state index is 14.0. The van der Waals surface area contributed by atoms with Gasteiger partial charge in [-0.1, -0.05) is 17.7 Å². The largest absolute Gasteiger partial charge is 0.494 e. The van der Waals surface area contributed by atoms with E-state index in [0.717, 1.165) is 0 Å². The molecule has 1 aromatic heterocycles. The number of aromatic nitrogens is 1. The average molecular weight is 266 g/mol. The lowest BCUT2D eigenvalue weighted by Gasteiger charge is -2.07. The number of pyridine rings is 1. The van der Waals surface area contributed by atoms with E-state index in [4.69, 9.17) is 16.3 Å². The summed E-state index contributed by atoms with van der Waals surface area (Å²) in [5, 5.41) is 0.0460. The topological polar surface area (TPSA) is 39.2 Å². The molecule has 3 nitrogen and oxygen atoms in total. The predicted octanol–water partition coefficient (Wildman–Crippen LogP) is 3.36. The number of nitrogens with zero attached hydrogens (tertiary/aromatic N) is 1. The van der Waals surface area contributed by atoms with Crippen molar-refractivity contribution in [2.24, 2.45) is 0 Å². The number of hydrogen-bond acceptors (Lipinski definition) is 3. The fraction of sp³-hybridized carbons (Fsp3) is 0.0769. The maximum Gasteiger partial charge on any atom is 0.174 e.